The number of unbranched alkanes of at least 4 members (excludes halogenated alkanes) is 3. The maximum atomic E-state index is 8.25. The summed E-state index contributed by atoms with van der Waals surface area (Å²) in [7, 11) is 2.06. The van der Waals surface area contributed by atoms with E-state index in [0.717, 1.165) is 0 Å². The summed E-state index contributed by atoms with van der Waals surface area (Å²) >= 11 is 0. The Balaban J connectivity index is 0.000000487. The second-order valence-corrected chi connectivity index (χ2v) is 3.60. The van der Waals surface area contributed by atoms with Gasteiger partial charge in [0.25, 0.3) is 0 Å². The number of imidazole rings is 1. The van der Waals surface area contributed by atoms with Crippen LogP contribution in [0.2, 0.25) is 0 Å². The molecule has 1 rings (SSSR count). The Kier molecular flexibility index (Phi) is 7.83. The zero-order valence-electron chi connectivity index (χ0n) is 9.83. The molecule has 0 radical (unpaired) electrons. The summed E-state index contributed by atoms with van der Waals surface area (Å²) in [4.78, 5) is 8.25. The lowest BCUT2D eigenvalue weighted by Crippen LogP contribution is -2.23. The van der Waals surface area contributed by atoms with E-state index in [1.165, 1.54) is 32.2 Å². The van der Waals surface area contributed by atoms with Gasteiger partial charge < -0.3 is 15.3 Å². The number of nitrogens with zero attached hydrogens (tertiary/aromatic N) is 3. The van der Waals surface area contributed by atoms with Gasteiger partial charge in [-0.3, -0.25) is 0 Å². The average molecular weight is 229 g/mol. The van der Waals surface area contributed by atoms with Crippen LogP contribution in [0.1, 0.15) is 32.6 Å². The fourth-order valence-electron chi connectivity index (χ4n) is 1.36. The molecule has 0 aliphatic rings. The summed E-state index contributed by atoms with van der Waals surface area (Å²) in [5.41, 5.74) is 0. The van der Waals surface area contributed by atoms with E-state index in [9.17, 15) is 0 Å². The molecule has 16 heavy (non-hydrogen) atoms. The predicted molar refractivity (Wildman–Crippen MR) is 60.1 cm³/mol. The van der Waals surface area contributed by atoms with E-state index in [0.29, 0.717) is 0 Å². The fraction of sp³-hybridized carbons (Fsp3) is 0.700. The van der Waals surface area contributed by atoms with Crippen LogP contribution in [0.25, 0.3) is 0 Å². The standard InChI is InChI=1S/C10H19N2.NO3/c1-3-4-5-6-7-12-9-8-11(2)10-12;2-1(3)4/h8-10H,3-7H2,1-2H3;/q+1;-1. The molecule has 0 N–H and O–H groups in total. The third-order valence-corrected chi connectivity index (χ3v) is 2.09. The Morgan fingerprint density at radius 1 is 1.31 bits per heavy atom. The lowest BCUT2D eigenvalue weighted by atomic mass is 10.2. The first-order valence-electron chi connectivity index (χ1n) is 5.38. The van der Waals surface area contributed by atoms with Crippen LogP contribution in [0.5, 0.6) is 0 Å². The van der Waals surface area contributed by atoms with E-state index in [1.807, 2.05) is 0 Å². The van der Waals surface area contributed by atoms with Crippen molar-refractivity contribution in [2.45, 2.75) is 39.2 Å². The smallest absolute Gasteiger partial charge is 0.243 e. The van der Waals surface area contributed by atoms with E-state index in [2.05, 4.69) is 41.8 Å². The molecule has 92 valence electrons. The molecule has 6 heteroatoms. The lowest BCUT2D eigenvalue weighted by molar-refractivity contribution is -0.671. The Morgan fingerprint density at radius 2 is 1.94 bits per heavy atom. The molecule has 0 atom stereocenters. The van der Waals surface area contributed by atoms with Crippen LogP contribution in [0.3, 0.4) is 0 Å². The number of rotatable bonds is 5. The summed E-state index contributed by atoms with van der Waals surface area (Å²) in [6, 6.07) is 0. The normalized spacial score (nSPS) is 9.38. The summed E-state index contributed by atoms with van der Waals surface area (Å²) in [6.45, 7) is 3.41. The number of hydrogen-bond donors (Lipinski definition) is 0. The van der Waals surface area contributed by atoms with Crippen LogP contribution in [0.15, 0.2) is 18.7 Å². The highest BCUT2D eigenvalue weighted by Gasteiger charge is 1.97. The lowest BCUT2D eigenvalue weighted by Gasteiger charge is -1.95. The van der Waals surface area contributed by atoms with E-state index in [1.54, 1.807) is 0 Å². The van der Waals surface area contributed by atoms with Gasteiger partial charge in [0.2, 0.25) is 6.33 Å². The number of aryl methyl sites for hydroxylation is 2. The molecule has 1 aromatic rings. The van der Waals surface area contributed by atoms with Gasteiger partial charge in [0, 0.05) is 0 Å². The highest BCUT2D eigenvalue weighted by Crippen LogP contribution is 2.00. The van der Waals surface area contributed by atoms with Crippen molar-refractivity contribution in [2.75, 3.05) is 0 Å². The van der Waals surface area contributed by atoms with Crippen LogP contribution in [-0.2, 0) is 13.6 Å². The largest absolute Gasteiger partial charge is 0.356 e. The van der Waals surface area contributed by atoms with Crippen molar-refractivity contribution in [2.24, 2.45) is 7.05 Å². The molecule has 0 bridgehead atoms. The van der Waals surface area contributed by atoms with Crippen LogP contribution in [0, 0.1) is 15.3 Å². The molecule has 0 saturated carbocycles. The maximum Gasteiger partial charge on any atom is 0.243 e. The highest BCUT2D eigenvalue weighted by molar-refractivity contribution is 4.65. The van der Waals surface area contributed by atoms with Crippen molar-refractivity contribution in [1.82, 2.24) is 4.57 Å². The molecule has 0 aliphatic carbocycles. The number of hydrogen-bond acceptors (Lipinski definition) is 3. The van der Waals surface area contributed by atoms with Gasteiger partial charge >= 0.3 is 0 Å². The minimum Gasteiger partial charge on any atom is -0.356 e. The molecule has 0 unspecified atom stereocenters. The summed E-state index contributed by atoms with van der Waals surface area (Å²) in [5.74, 6) is 0. The van der Waals surface area contributed by atoms with Gasteiger partial charge in [-0.05, 0) is 12.8 Å². The molecule has 6 nitrogen and oxygen atoms in total. The topological polar surface area (TPSA) is 75.0 Å². The fourth-order valence-corrected chi connectivity index (χ4v) is 1.36. The van der Waals surface area contributed by atoms with Crippen LogP contribution >= 0.6 is 0 Å². The van der Waals surface area contributed by atoms with Crippen LogP contribution < -0.4 is 4.57 Å². The zero-order valence-corrected chi connectivity index (χ0v) is 9.83. The van der Waals surface area contributed by atoms with Crippen molar-refractivity contribution in [3.05, 3.63) is 34.0 Å². The van der Waals surface area contributed by atoms with Crippen molar-refractivity contribution >= 4 is 0 Å². The highest BCUT2D eigenvalue weighted by atomic mass is 16.9. The Hall–Kier alpha value is -1.59. The van der Waals surface area contributed by atoms with Crippen molar-refractivity contribution in [3.63, 3.8) is 0 Å². The SMILES string of the molecule is CCCCCCn1cc[n+](C)c1.O=[N+]([O-])[O-]. The van der Waals surface area contributed by atoms with Gasteiger partial charge in [-0.1, -0.05) is 19.8 Å². The molecule has 0 aliphatic heterocycles. The maximum absolute atomic E-state index is 8.25. The van der Waals surface area contributed by atoms with Gasteiger partial charge in [-0.25, -0.2) is 9.13 Å². The first-order valence-corrected chi connectivity index (χ1v) is 5.38. The molecular weight excluding hydrogens is 210 g/mol. The third-order valence-electron chi connectivity index (χ3n) is 2.09. The second kappa shape index (κ2) is 8.70. The molecule has 0 spiro atoms. The summed E-state index contributed by atoms with van der Waals surface area (Å²) in [5, 5.41) is 14.8. The third kappa shape index (κ3) is 8.98. The van der Waals surface area contributed by atoms with Gasteiger partial charge in [0.05, 0.1) is 18.7 Å². The molecule has 0 fully saturated rings. The van der Waals surface area contributed by atoms with Crippen LogP contribution in [0.4, 0.5) is 0 Å². The minimum absolute atomic E-state index is 1.17. The quantitative estimate of drug-likeness (QED) is 0.333. The molecule has 1 aromatic heterocycles. The predicted octanol–water partition coefficient (Wildman–Crippen LogP) is 1.65. The Labute approximate surface area is 95.2 Å². The molecule has 0 aromatic carbocycles. The average Bonchev–Trinajstić information content (AvgIpc) is 2.58. The van der Waals surface area contributed by atoms with Crippen LogP contribution in [-0.4, -0.2) is 9.65 Å². The van der Waals surface area contributed by atoms with Gasteiger partial charge in [0.15, 0.2) is 0 Å². The van der Waals surface area contributed by atoms with Gasteiger partial charge in [-0.15, -0.1) is 0 Å². The van der Waals surface area contributed by atoms with E-state index >= 15 is 0 Å². The van der Waals surface area contributed by atoms with E-state index < -0.39 is 5.09 Å². The molecule has 0 saturated heterocycles. The Morgan fingerprint density at radius 3 is 2.38 bits per heavy atom. The monoisotopic (exact) mass is 229 g/mol. The zero-order chi connectivity index (χ0) is 12.4. The first-order chi connectivity index (χ1) is 7.56. The van der Waals surface area contributed by atoms with E-state index in [4.69, 9.17) is 15.3 Å². The summed E-state index contributed by atoms with van der Waals surface area (Å²) in [6.07, 6.45) is 11.7. The Bertz CT molecular complexity index is 295. The number of aromatic nitrogens is 2. The van der Waals surface area contributed by atoms with Crippen molar-refractivity contribution in [1.29, 1.82) is 0 Å². The molecule has 0 amide bonds. The minimum atomic E-state index is -1.75. The van der Waals surface area contributed by atoms with Crippen molar-refractivity contribution in [3.8, 4) is 0 Å². The molecular formula is C10H19N3O3. The van der Waals surface area contributed by atoms with Gasteiger partial charge in [0.1, 0.15) is 12.4 Å². The van der Waals surface area contributed by atoms with E-state index in [-0.39, 0.29) is 0 Å². The van der Waals surface area contributed by atoms with Gasteiger partial charge in [-0.2, -0.15) is 0 Å². The van der Waals surface area contributed by atoms with Crippen molar-refractivity contribution < 1.29 is 9.65 Å². The molecule has 1 heterocycles. The second-order valence-electron chi connectivity index (χ2n) is 3.60. The first kappa shape index (κ1) is 14.4. The summed E-state index contributed by atoms with van der Waals surface area (Å²) < 4.78 is 4.33.